The molecule has 3 amide bonds. The van der Waals surface area contributed by atoms with Crippen LogP contribution in [-0.4, -0.2) is 53.1 Å². The Balaban J connectivity index is 2.06. The average molecular weight is 418 g/mol. The van der Waals surface area contributed by atoms with Gasteiger partial charge in [0, 0.05) is 12.2 Å². The van der Waals surface area contributed by atoms with Gasteiger partial charge in [0.1, 0.15) is 18.7 Å². The number of nitrogens with one attached hydrogen (secondary N) is 2. The fourth-order valence-electron chi connectivity index (χ4n) is 3.34. The van der Waals surface area contributed by atoms with E-state index in [1.807, 2.05) is 13.8 Å². The summed E-state index contributed by atoms with van der Waals surface area (Å²) in [7, 11) is 0. The first-order chi connectivity index (χ1) is 14.4. The van der Waals surface area contributed by atoms with Gasteiger partial charge >= 0.3 is 6.09 Å². The number of hydrogen-bond donors (Lipinski definition) is 3. The summed E-state index contributed by atoms with van der Waals surface area (Å²) < 4.78 is 5.07. The molecule has 3 atom stereocenters. The number of amides is 3. The van der Waals surface area contributed by atoms with Crippen LogP contribution >= 0.6 is 0 Å². The Hall–Kier alpha value is -2.87. The van der Waals surface area contributed by atoms with Crippen LogP contribution in [0.15, 0.2) is 36.9 Å². The number of benzene rings is 1. The van der Waals surface area contributed by atoms with Gasteiger partial charge in [0.25, 0.3) is 0 Å². The third-order valence-corrected chi connectivity index (χ3v) is 5.31. The molecular formula is C22H31N3O5. The van der Waals surface area contributed by atoms with Gasteiger partial charge in [-0.1, -0.05) is 45.1 Å². The molecule has 1 saturated heterocycles. The van der Waals surface area contributed by atoms with Crippen molar-refractivity contribution in [1.29, 1.82) is 0 Å². The zero-order chi connectivity index (χ0) is 22.1. The van der Waals surface area contributed by atoms with Crippen LogP contribution in [-0.2, 0) is 20.9 Å². The number of aliphatic hydroxyl groups is 1. The molecule has 0 bridgehead atoms. The van der Waals surface area contributed by atoms with Gasteiger partial charge in [-0.05, 0) is 36.5 Å². The molecule has 30 heavy (non-hydrogen) atoms. The molecule has 0 aliphatic carbocycles. The lowest BCUT2D eigenvalue weighted by Gasteiger charge is -2.28. The van der Waals surface area contributed by atoms with Crippen molar-refractivity contribution in [3.05, 3.63) is 42.5 Å². The van der Waals surface area contributed by atoms with Crippen molar-refractivity contribution < 1.29 is 24.2 Å². The number of likely N-dealkylation sites (tertiary alicyclic amines) is 1. The zero-order valence-electron chi connectivity index (χ0n) is 17.6. The quantitative estimate of drug-likeness (QED) is 0.535. The van der Waals surface area contributed by atoms with Gasteiger partial charge in [-0.15, -0.1) is 0 Å². The fourth-order valence-corrected chi connectivity index (χ4v) is 3.34. The van der Waals surface area contributed by atoms with E-state index in [-0.39, 0.29) is 30.9 Å². The lowest BCUT2D eigenvalue weighted by molar-refractivity contribution is -0.130. The van der Waals surface area contributed by atoms with Crippen molar-refractivity contribution in [3.63, 3.8) is 0 Å². The van der Waals surface area contributed by atoms with Crippen LogP contribution in [0.3, 0.4) is 0 Å². The number of rotatable bonds is 9. The lowest BCUT2D eigenvalue weighted by atomic mass is 9.97. The first-order valence-corrected chi connectivity index (χ1v) is 10.3. The molecule has 164 valence electrons. The first-order valence-electron chi connectivity index (χ1n) is 10.3. The van der Waals surface area contributed by atoms with Crippen LogP contribution in [0.25, 0.3) is 0 Å². The van der Waals surface area contributed by atoms with Gasteiger partial charge in [-0.25, -0.2) is 4.79 Å². The second kappa shape index (κ2) is 11.3. The topological polar surface area (TPSA) is 108 Å². The number of anilines is 1. The van der Waals surface area contributed by atoms with E-state index in [0.717, 1.165) is 5.56 Å². The van der Waals surface area contributed by atoms with E-state index in [9.17, 15) is 14.4 Å². The number of aliphatic hydroxyl groups excluding tert-OH is 1. The van der Waals surface area contributed by atoms with Crippen molar-refractivity contribution in [3.8, 4) is 0 Å². The minimum Gasteiger partial charge on any atom is -0.445 e. The van der Waals surface area contributed by atoms with E-state index in [2.05, 4.69) is 17.2 Å². The molecule has 1 unspecified atom stereocenters. The molecule has 0 saturated carbocycles. The van der Waals surface area contributed by atoms with Crippen molar-refractivity contribution in [2.75, 3.05) is 18.5 Å². The van der Waals surface area contributed by atoms with Gasteiger partial charge in [0.05, 0.1) is 6.61 Å². The normalized spacial score (nSPS) is 17.7. The maximum absolute atomic E-state index is 12.9. The molecule has 1 aromatic carbocycles. The number of nitrogens with zero attached hydrogens (tertiary/aromatic N) is 1. The van der Waals surface area contributed by atoms with E-state index in [1.165, 1.54) is 11.0 Å². The Bertz CT molecular complexity index is 750. The summed E-state index contributed by atoms with van der Waals surface area (Å²) in [5.41, 5.74) is 1.32. The van der Waals surface area contributed by atoms with E-state index in [4.69, 9.17) is 9.84 Å². The van der Waals surface area contributed by atoms with Crippen LogP contribution in [0.5, 0.6) is 0 Å². The Morgan fingerprint density at radius 3 is 2.63 bits per heavy atom. The van der Waals surface area contributed by atoms with Crippen LogP contribution < -0.4 is 10.6 Å². The average Bonchev–Trinajstić information content (AvgIpc) is 3.25. The summed E-state index contributed by atoms with van der Waals surface area (Å²) in [6.45, 7) is 7.79. The van der Waals surface area contributed by atoms with Crippen molar-refractivity contribution in [2.24, 2.45) is 5.92 Å². The predicted molar refractivity (Wildman–Crippen MR) is 114 cm³/mol. The van der Waals surface area contributed by atoms with Gasteiger partial charge in [-0.3, -0.25) is 14.5 Å². The lowest BCUT2D eigenvalue weighted by Crippen LogP contribution is -2.54. The predicted octanol–water partition coefficient (Wildman–Crippen LogP) is 2.44. The Morgan fingerprint density at radius 2 is 2.03 bits per heavy atom. The summed E-state index contributed by atoms with van der Waals surface area (Å²) in [6, 6.07) is 5.44. The summed E-state index contributed by atoms with van der Waals surface area (Å²) in [5, 5.41) is 14.8. The van der Waals surface area contributed by atoms with Gasteiger partial charge < -0.3 is 20.5 Å². The highest BCUT2D eigenvalue weighted by atomic mass is 16.6. The molecule has 0 radical (unpaired) electrons. The summed E-state index contributed by atoms with van der Waals surface area (Å²) in [4.78, 5) is 39.4. The SMILES string of the molecule is C=CCOC(=O)N1CCC[C@H]1C(=O)N[C@H](C(=O)Nc1ccc(CO)cc1)C(C)CC. The first kappa shape index (κ1) is 23.4. The Labute approximate surface area is 177 Å². The summed E-state index contributed by atoms with van der Waals surface area (Å²) in [6.07, 6.45) is 2.82. The molecule has 8 heteroatoms. The van der Waals surface area contributed by atoms with Crippen molar-refractivity contribution in [1.82, 2.24) is 10.2 Å². The largest absolute Gasteiger partial charge is 0.445 e. The molecule has 1 heterocycles. The number of carbonyl (C=O) groups is 3. The molecule has 3 N–H and O–H groups in total. The summed E-state index contributed by atoms with van der Waals surface area (Å²) >= 11 is 0. The van der Waals surface area contributed by atoms with Crippen LogP contribution in [0, 0.1) is 5.92 Å². The minimum absolute atomic E-state index is 0.0765. The molecule has 8 nitrogen and oxygen atoms in total. The summed E-state index contributed by atoms with van der Waals surface area (Å²) in [5.74, 6) is -0.791. The van der Waals surface area contributed by atoms with Crippen LogP contribution in [0.4, 0.5) is 10.5 Å². The van der Waals surface area contributed by atoms with Crippen LogP contribution in [0.2, 0.25) is 0 Å². The molecule has 1 aromatic rings. The number of carbonyl (C=O) groups excluding carboxylic acids is 3. The smallest absolute Gasteiger partial charge is 0.410 e. The molecule has 0 aromatic heterocycles. The second-order valence-electron chi connectivity index (χ2n) is 7.43. The highest BCUT2D eigenvalue weighted by Gasteiger charge is 2.37. The van der Waals surface area contributed by atoms with Gasteiger partial charge in [0.15, 0.2) is 0 Å². The molecule has 1 aliphatic heterocycles. The van der Waals surface area contributed by atoms with E-state index in [0.29, 0.717) is 31.5 Å². The molecular weight excluding hydrogens is 386 g/mol. The molecule has 1 aliphatic rings. The molecule has 0 spiro atoms. The maximum Gasteiger partial charge on any atom is 0.410 e. The molecule has 1 fully saturated rings. The highest BCUT2D eigenvalue weighted by Crippen LogP contribution is 2.20. The van der Waals surface area contributed by atoms with E-state index in [1.54, 1.807) is 24.3 Å². The third-order valence-electron chi connectivity index (χ3n) is 5.31. The fraction of sp³-hybridized carbons (Fsp3) is 0.500. The third kappa shape index (κ3) is 6.06. The van der Waals surface area contributed by atoms with Crippen molar-refractivity contribution >= 4 is 23.6 Å². The number of ether oxygens (including phenoxy) is 1. The van der Waals surface area contributed by atoms with E-state index < -0.39 is 18.2 Å². The van der Waals surface area contributed by atoms with Gasteiger partial charge in [-0.2, -0.15) is 0 Å². The molecule has 2 rings (SSSR count). The van der Waals surface area contributed by atoms with Crippen molar-refractivity contribution in [2.45, 2.75) is 51.8 Å². The zero-order valence-corrected chi connectivity index (χ0v) is 17.6. The van der Waals surface area contributed by atoms with Gasteiger partial charge in [0.2, 0.25) is 11.8 Å². The number of hydrogen-bond acceptors (Lipinski definition) is 5. The highest BCUT2D eigenvalue weighted by molar-refractivity contribution is 5.98. The van der Waals surface area contributed by atoms with E-state index >= 15 is 0 Å². The maximum atomic E-state index is 12.9. The Morgan fingerprint density at radius 1 is 1.33 bits per heavy atom. The standard InChI is InChI=1S/C22H31N3O5/c1-4-13-30-22(29)25-12-6-7-18(25)20(27)24-19(15(3)5-2)21(28)23-17-10-8-16(14-26)9-11-17/h4,8-11,15,18-19,26H,1,5-7,12-14H2,2-3H3,(H,23,28)(H,24,27)/t15?,18-,19-/m0/s1. The van der Waals surface area contributed by atoms with Crippen LogP contribution in [0.1, 0.15) is 38.7 Å². The monoisotopic (exact) mass is 417 g/mol. The second-order valence-corrected chi connectivity index (χ2v) is 7.43. The minimum atomic E-state index is -0.744. The Kier molecular flexibility index (Phi) is 8.86.